The molecule has 19 heavy (non-hydrogen) atoms. The molecule has 104 valence electrons. The van der Waals surface area contributed by atoms with Crippen LogP contribution in [-0.4, -0.2) is 18.3 Å². The zero-order valence-corrected chi connectivity index (χ0v) is 11.9. The van der Waals surface area contributed by atoms with E-state index in [9.17, 15) is 0 Å². The number of hydrogen-bond donors (Lipinski definition) is 0. The first-order chi connectivity index (χ1) is 9.26. The Bertz CT molecular complexity index is 421. The highest BCUT2D eigenvalue weighted by atomic mass is 16.6. The van der Waals surface area contributed by atoms with Crippen LogP contribution in [0.3, 0.4) is 0 Å². The molecule has 1 saturated carbocycles. The maximum Gasteiger partial charge on any atom is 0.119 e. The Balaban J connectivity index is 1.52. The maximum atomic E-state index is 6.32. The Morgan fingerprint density at radius 2 is 2.05 bits per heavy atom. The second-order valence-corrected chi connectivity index (χ2v) is 6.15. The minimum Gasteiger partial charge on any atom is -0.491 e. The maximum absolute atomic E-state index is 6.32. The zero-order chi connectivity index (χ0) is 13.1. The molecule has 2 nitrogen and oxygen atoms in total. The first-order valence-electron chi connectivity index (χ1n) is 7.63. The fourth-order valence-corrected chi connectivity index (χ4v) is 3.47. The van der Waals surface area contributed by atoms with Gasteiger partial charge in [-0.1, -0.05) is 31.4 Å². The lowest BCUT2D eigenvalue weighted by Crippen LogP contribution is -2.32. The summed E-state index contributed by atoms with van der Waals surface area (Å²) < 4.78 is 12.2. The highest BCUT2D eigenvalue weighted by molar-refractivity contribution is 5.27. The lowest BCUT2D eigenvalue weighted by Gasteiger charge is -2.33. The van der Waals surface area contributed by atoms with Crippen molar-refractivity contribution in [2.24, 2.45) is 0 Å². The van der Waals surface area contributed by atoms with E-state index in [1.165, 1.54) is 44.1 Å². The Labute approximate surface area is 116 Å². The molecule has 1 aromatic rings. The van der Waals surface area contributed by atoms with Gasteiger partial charge in [0, 0.05) is 0 Å². The second kappa shape index (κ2) is 5.54. The molecule has 1 heterocycles. The van der Waals surface area contributed by atoms with Gasteiger partial charge in [0.1, 0.15) is 12.4 Å². The van der Waals surface area contributed by atoms with Gasteiger partial charge in [0.05, 0.1) is 11.7 Å². The summed E-state index contributed by atoms with van der Waals surface area (Å²) in [7, 11) is 0. The van der Waals surface area contributed by atoms with E-state index in [1.807, 2.05) is 12.1 Å². The van der Waals surface area contributed by atoms with Crippen molar-refractivity contribution < 1.29 is 9.47 Å². The van der Waals surface area contributed by atoms with Gasteiger partial charge >= 0.3 is 0 Å². The SMILES string of the molecule is Cc1cccc(OCC2CCC3(CCCCC3)O2)c1. The minimum atomic E-state index is 0.207. The Hall–Kier alpha value is -1.02. The van der Waals surface area contributed by atoms with Gasteiger partial charge in [-0.05, 0) is 50.3 Å². The van der Waals surface area contributed by atoms with Gasteiger partial charge in [-0.2, -0.15) is 0 Å². The minimum absolute atomic E-state index is 0.207. The number of ether oxygens (including phenoxy) is 2. The van der Waals surface area contributed by atoms with Crippen LogP contribution in [0.1, 0.15) is 50.5 Å². The smallest absolute Gasteiger partial charge is 0.119 e. The lowest BCUT2D eigenvalue weighted by molar-refractivity contribution is -0.0748. The van der Waals surface area contributed by atoms with E-state index in [1.54, 1.807) is 0 Å². The van der Waals surface area contributed by atoms with Crippen molar-refractivity contribution in [3.63, 3.8) is 0 Å². The van der Waals surface area contributed by atoms with Crippen molar-refractivity contribution in [3.05, 3.63) is 29.8 Å². The van der Waals surface area contributed by atoms with E-state index in [4.69, 9.17) is 9.47 Å². The van der Waals surface area contributed by atoms with Crippen molar-refractivity contribution in [2.75, 3.05) is 6.61 Å². The molecular weight excluding hydrogens is 236 g/mol. The molecule has 2 fully saturated rings. The molecule has 1 spiro atoms. The third kappa shape index (κ3) is 3.11. The van der Waals surface area contributed by atoms with Crippen LogP contribution in [0.5, 0.6) is 5.75 Å². The molecule has 3 rings (SSSR count). The van der Waals surface area contributed by atoms with Gasteiger partial charge in [-0.3, -0.25) is 0 Å². The third-order valence-electron chi connectivity index (χ3n) is 4.53. The summed E-state index contributed by atoms with van der Waals surface area (Å²) in [6.45, 7) is 2.79. The number of benzene rings is 1. The summed E-state index contributed by atoms with van der Waals surface area (Å²) in [4.78, 5) is 0. The summed E-state index contributed by atoms with van der Waals surface area (Å²) in [5.74, 6) is 0.966. The van der Waals surface area contributed by atoms with Crippen LogP contribution in [-0.2, 0) is 4.74 Å². The molecule has 1 aliphatic heterocycles. The number of aryl methyl sites for hydroxylation is 1. The third-order valence-corrected chi connectivity index (χ3v) is 4.53. The summed E-state index contributed by atoms with van der Waals surface area (Å²) in [5.41, 5.74) is 1.45. The summed E-state index contributed by atoms with van der Waals surface area (Å²) in [5, 5.41) is 0. The lowest BCUT2D eigenvalue weighted by atomic mass is 9.83. The van der Waals surface area contributed by atoms with Crippen molar-refractivity contribution in [1.29, 1.82) is 0 Å². The highest BCUT2D eigenvalue weighted by Crippen LogP contribution is 2.41. The van der Waals surface area contributed by atoms with Crippen LogP contribution in [0.4, 0.5) is 0 Å². The van der Waals surface area contributed by atoms with E-state index < -0.39 is 0 Å². The summed E-state index contributed by atoms with van der Waals surface area (Å²) in [6, 6.07) is 8.25. The quantitative estimate of drug-likeness (QED) is 0.808. The Morgan fingerprint density at radius 3 is 2.84 bits per heavy atom. The van der Waals surface area contributed by atoms with E-state index in [0.717, 1.165) is 12.2 Å². The first-order valence-corrected chi connectivity index (χ1v) is 7.63. The van der Waals surface area contributed by atoms with Crippen LogP contribution in [0.15, 0.2) is 24.3 Å². The number of hydrogen-bond acceptors (Lipinski definition) is 2. The molecule has 0 N–H and O–H groups in total. The predicted octanol–water partition coefficient (Wildman–Crippen LogP) is 4.26. The van der Waals surface area contributed by atoms with Gasteiger partial charge in [0.2, 0.25) is 0 Å². The summed E-state index contributed by atoms with van der Waals surface area (Å²) >= 11 is 0. The zero-order valence-electron chi connectivity index (χ0n) is 11.9. The molecule has 2 heteroatoms. The summed E-state index contributed by atoms with van der Waals surface area (Å²) in [6.07, 6.45) is 9.26. The van der Waals surface area contributed by atoms with E-state index in [0.29, 0.717) is 12.7 Å². The second-order valence-electron chi connectivity index (χ2n) is 6.15. The monoisotopic (exact) mass is 260 g/mol. The molecule has 1 aliphatic carbocycles. The molecule has 0 aromatic heterocycles. The van der Waals surface area contributed by atoms with Gasteiger partial charge < -0.3 is 9.47 Å². The van der Waals surface area contributed by atoms with E-state index in [2.05, 4.69) is 19.1 Å². The van der Waals surface area contributed by atoms with Crippen molar-refractivity contribution in [1.82, 2.24) is 0 Å². The predicted molar refractivity (Wildman–Crippen MR) is 76.6 cm³/mol. The largest absolute Gasteiger partial charge is 0.491 e. The van der Waals surface area contributed by atoms with Gasteiger partial charge in [-0.15, -0.1) is 0 Å². The Kier molecular flexibility index (Phi) is 3.79. The molecule has 0 bridgehead atoms. The molecule has 1 aromatic carbocycles. The molecule has 1 unspecified atom stereocenters. The van der Waals surface area contributed by atoms with Gasteiger partial charge in [0.25, 0.3) is 0 Å². The fourth-order valence-electron chi connectivity index (χ4n) is 3.47. The van der Waals surface area contributed by atoms with Crippen LogP contribution < -0.4 is 4.74 Å². The van der Waals surface area contributed by atoms with E-state index >= 15 is 0 Å². The molecule has 0 radical (unpaired) electrons. The van der Waals surface area contributed by atoms with Gasteiger partial charge in [-0.25, -0.2) is 0 Å². The van der Waals surface area contributed by atoms with Gasteiger partial charge in [0.15, 0.2) is 0 Å². The average molecular weight is 260 g/mol. The Morgan fingerprint density at radius 1 is 1.21 bits per heavy atom. The molecule has 2 aliphatic rings. The van der Waals surface area contributed by atoms with Crippen molar-refractivity contribution in [3.8, 4) is 5.75 Å². The molecule has 0 amide bonds. The van der Waals surface area contributed by atoms with Crippen molar-refractivity contribution >= 4 is 0 Å². The molecular formula is C17H24O2. The van der Waals surface area contributed by atoms with Crippen molar-refractivity contribution in [2.45, 2.75) is 63.6 Å². The number of rotatable bonds is 3. The normalized spacial score (nSPS) is 25.6. The van der Waals surface area contributed by atoms with Crippen LogP contribution in [0.2, 0.25) is 0 Å². The fraction of sp³-hybridized carbons (Fsp3) is 0.647. The highest BCUT2D eigenvalue weighted by Gasteiger charge is 2.40. The average Bonchev–Trinajstić information content (AvgIpc) is 2.80. The molecule has 1 atom stereocenters. The standard InChI is InChI=1S/C17H24O2/c1-14-6-5-7-15(12-14)18-13-16-8-11-17(19-16)9-3-2-4-10-17/h5-7,12,16H,2-4,8-11,13H2,1H3. The molecule has 1 saturated heterocycles. The van der Waals surface area contributed by atoms with Crippen LogP contribution in [0.25, 0.3) is 0 Å². The first kappa shape index (κ1) is 13.0. The van der Waals surface area contributed by atoms with Crippen LogP contribution in [0, 0.1) is 6.92 Å². The van der Waals surface area contributed by atoms with Crippen LogP contribution >= 0.6 is 0 Å². The topological polar surface area (TPSA) is 18.5 Å². The van der Waals surface area contributed by atoms with E-state index in [-0.39, 0.29) is 5.60 Å².